The van der Waals surface area contributed by atoms with Crippen LogP contribution in [0.25, 0.3) is 11.0 Å². The van der Waals surface area contributed by atoms with Crippen LogP contribution in [0.2, 0.25) is 0 Å². The number of rotatable bonds is 3. The Morgan fingerprint density at radius 3 is 3.09 bits per heavy atom. The topological polar surface area (TPSA) is 64.2 Å². The van der Waals surface area contributed by atoms with Crippen molar-refractivity contribution in [2.75, 3.05) is 26.2 Å². The van der Waals surface area contributed by atoms with E-state index in [0.29, 0.717) is 5.92 Å². The van der Waals surface area contributed by atoms with E-state index >= 15 is 0 Å². The summed E-state index contributed by atoms with van der Waals surface area (Å²) in [5, 5.41) is 14.7. The maximum atomic E-state index is 9.97. The number of pyridine rings is 1. The number of H-pyrrole nitrogens is 1. The Morgan fingerprint density at radius 2 is 2.26 bits per heavy atom. The summed E-state index contributed by atoms with van der Waals surface area (Å²) in [6, 6.07) is 4.20. The molecule has 2 fully saturated rings. The first-order chi connectivity index (χ1) is 11.3. The summed E-state index contributed by atoms with van der Waals surface area (Å²) in [5.41, 5.74) is 3.74. The molecule has 0 unspecified atom stereocenters. The zero-order chi connectivity index (χ0) is 15.6. The van der Waals surface area contributed by atoms with Crippen LogP contribution in [0.3, 0.4) is 0 Å². The molecule has 2 aromatic heterocycles. The van der Waals surface area contributed by atoms with E-state index in [9.17, 15) is 5.11 Å². The number of hydrogen-bond donors (Lipinski definition) is 3. The molecule has 0 amide bonds. The number of nitrogens with one attached hydrogen (secondary N) is 2. The van der Waals surface area contributed by atoms with E-state index in [1.807, 2.05) is 12.3 Å². The number of aliphatic hydroxyl groups is 1. The number of aliphatic hydroxyl groups excluding tert-OH is 1. The second-order valence-corrected chi connectivity index (χ2v) is 6.99. The normalized spacial score (nSPS) is 26.7. The SMILES string of the molecule is O[C@@H]1CCCN(Cc2c([C@H]3CCCNC3)[nH]c3ncccc23)C1. The molecule has 0 aromatic carbocycles. The van der Waals surface area contributed by atoms with Gasteiger partial charge in [0.05, 0.1) is 6.10 Å². The van der Waals surface area contributed by atoms with Crippen molar-refractivity contribution < 1.29 is 5.11 Å². The van der Waals surface area contributed by atoms with E-state index in [0.717, 1.165) is 51.2 Å². The summed E-state index contributed by atoms with van der Waals surface area (Å²) < 4.78 is 0. The van der Waals surface area contributed by atoms with Gasteiger partial charge in [0.2, 0.25) is 0 Å². The zero-order valence-corrected chi connectivity index (χ0v) is 13.6. The van der Waals surface area contributed by atoms with Crippen LogP contribution in [0.15, 0.2) is 18.3 Å². The predicted octanol–water partition coefficient (Wildman–Crippen LogP) is 1.99. The van der Waals surface area contributed by atoms with Crippen molar-refractivity contribution in [1.82, 2.24) is 20.2 Å². The van der Waals surface area contributed by atoms with Gasteiger partial charge in [0.15, 0.2) is 0 Å². The van der Waals surface area contributed by atoms with Crippen LogP contribution >= 0.6 is 0 Å². The number of aromatic amines is 1. The second kappa shape index (κ2) is 6.59. The van der Waals surface area contributed by atoms with Crippen LogP contribution in [-0.2, 0) is 6.54 Å². The first-order valence-corrected chi connectivity index (χ1v) is 8.88. The Kier molecular flexibility index (Phi) is 4.33. The summed E-state index contributed by atoms with van der Waals surface area (Å²) >= 11 is 0. The van der Waals surface area contributed by atoms with Crippen LogP contribution in [0.5, 0.6) is 0 Å². The minimum Gasteiger partial charge on any atom is -0.392 e. The van der Waals surface area contributed by atoms with Gasteiger partial charge in [-0.1, -0.05) is 0 Å². The van der Waals surface area contributed by atoms with Crippen LogP contribution in [0.1, 0.15) is 42.9 Å². The van der Waals surface area contributed by atoms with Gasteiger partial charge in [-0.25, -0.2) is 4.98 Å². The van der Waals surface area contributed by atoms with Gasteiger partial charge in [-0.2, -0.15) is 0 Å². The molecule has 4 rings (SSSR count). The van der Waals surface area contributed by atoms with E-state index in [1.54, 1.807) is 0 Å². The summed E-state index contributed by atoms with van der Waals surface area (Å²) in [7, 11) is 0. The highest BCUT2D eigenvalue weighted by molar-refractivity contribution is 5.81. The van der Waals surface area contributed by atoms with Gasteiger partial charge in [-0.05, 0) is 56.5 Å². The number of hydrogen-bond acceptors (Lipinski definition) is 4. The molecule has 0 saturated carbocycles. The minimum absolute atomic E-state index is 0.174. The number of aromatic nitrogens is 2. The maximum Gasteiger partial charge on any atom is 0.137 e. The Bertz CT molecular complexity index is 662. The van der Waals surface area contributed by atoms with E-state index in [-0.39, 0.29) is 6.10 Å². The smallest absolute Gasteiger partial charge is 0.137 e. The Balaban J connectivity index is 1.67. The van der Waals surface area contributed by atoms with E-state index in [4.69, 9.17) is 0 Å². The van der Waals surface area contributed by atoms with Gasteiger partial charge in [0, 0.05) is 42.8 Å². The second-order valence-electron chi connectivity index (χ2n) is 6.99. The van der Waals surface area contributed by atoms with E-state index in [1.165, 1.54) is 29.5 Å². The van der Waals surface area contributed by atoms with Crippen molar-refractivity contribution in [2.24, 2.45) is 0 Å². The molecule has 4 heterocycles. The fourth-order valence-corrected chi connectivity index (χ4v) is 4.11. The molecule has 0 radical (unpaired) electrons. The van der Waals surface area contributed by atoms with Gasteiger partial charge >= 0.3 is 0 Å². The lowest BCUT2D eigenvalue weighted by atomic mass is 9.92. The first kappa shape index (κ1) is 15.1. The fourth-order valence-electron chi connectivity index (χ4n) is 4.11. The fraction of sp³-hybridized carbons (Fsp3) is 0.611. The maximum absolute atomic E-state index is 9.97. The Hall–Kier alpha value is -1.43. The summed E-state index contributed by atoms with van der Waals surface area (Å²) in [5.74, 6) is 0.544. The summed E-state index contributed by atoms with van der Waals surface area (Å²) in [6.07, 6.45) is 6.17. The molecule has 2 saturated heterocycles. The molecular formula is C18H26N4O. The first-order valence-electron chi connectivity index (χ1n) is 8.88. The van der Waals surface area contributed by atoms with Crippen molar-refractivity contribution in [3.05, 3.63) is 29.6 Å². The Morgan fingerprint density at radius 1 is 1.30 bits per heavy atom. The molecule has 124 valence electrons. The molecule has 2 atom stereocenters. The van der Waals surface area contributed by atoms with Crippen LogP contribution in [0.4, 0.5) is 0 Å². The van der Waals surface area contributed by atoms with Gasteiger partial charge in [-0.3, -0.25) is 4.90 Å². The number of β-amino-alcohol motifs (C(OH)–C–C–N with tert-alkyl or cyclic N) is 1. The summed E-state index contributed by atoms with van der Waals surface area (Å²) in [6.45, 7) is 4.95. The van der Waals surface area contributed by atoms with Crippen LogP contribution in [-0.4, -0.2) is 52.3 Å². The van der Waals surface area contributed by atoms with Gasteiger partial charge in [0.1, 0.15) is 5.65 Å². The van der Waals surface area contributed by atoms with Crippen molar-refractivity contribution in [3.8, 4) is 0 Å². The third-order valence-corrected chi connectivity index (χ3v) is 5.28. The third-order valence-electron chi connectivity index (χ3n) is 5.28. The molecule has 0 aliphatic carbocycles. The molecule has 5 nitrogen and oxygen atoms in total. The molecular weight excluding hydrogens is 288 g/mol. The molecule has 5 heteroatoms. The minimum atomic E-state index is -0.174. The van der Waals surface area contributed by atoms with Gasteiger partial charge in [0.25, 0.3) is 0 Å². The average molecular weight is 314 g/mol. The van der Waals surface area contributed by atoms with Crippen molar-refractivity contribution in [1.29, 1.82) is 0 Å². The van der Waals surface area contributed by atoms with Crippen molar-refractivity contribution in [3.63, 3.8) is 0 Å². The molecule has 23 heavy (non-hydrogen) atoms. The number of likely N-dealkylation sites (tertiary alicyclic amines) is 1. The van der Waals surface area contributed by atoms with Crippen LogP contribution < -0.4 is 5.32 Å². The monoisotopic (exact) mass is 314 g/mol. The van der Waals surface area contributed by atoms with Crippen molar-refractivity contribution in [2.45, 2.75) is 44.2 Å². The molecule has 3 N–H and O–H groups in total. The number of nitrogens with zero attached hydrogens (tertiary/aromatic N) is 2. The molecule has 2 aromatic rings. The predicted molar refractivity (Wildman–Crippen MR) is 91.5 cm³/mol. The lowest BCUT2D eigenvalue weighted by Gasteiger charge is -2.31. The van der Waals surface area contributed by atoms with Gasteiger partial charge in [-0.15, -0.1) is 0 Å². The molecule has 0 spiro atoms. The zero-order valence-electron chi connectivity index (χ0n) is 13.6. The van der Waals surface area contributed by atoms with E-state index in [2.05, 4.69) is 26.3 Å². The lowest BCUT2D eigenvalue weighted by Crippen LogP contribution is -2.38. The quantitative estimate of drug-likeness (QED) is 0.811. The third kappa shape index (κ3) is 3.13. The average Bonchev–Trinajstić information content (AvgIpc) is 2.95. The summed E-state index contributed by atoms with van der Waals surface area (Å²) in [4.78, 5) is 10.5. The molecule has 2 aliphatic heterocycles. The highest BCUT2D eigenvalue weighted by atomic mass is 16.3. The highest BCUT2D eigenvalue weighted by Crippen LogP contribution is 2.32. The van der Waals surface area contributed by atoms with Crippen molar-refractivity contribution >= 4 is 11.0 Å². The molecule has 0 bridgehead atoms. The highest BCUT2D eigenvalue weighted by Gasteiger charge is 2.25. The largest absolute Gasteiger partial charge is 0.392 e. The van der Waals surface area contributed by atoms with Gasteiger partial charge < -0.3 is 15.4 Å². The van der Waals surface area contributed by atoms with Crippen LogP contribution in [0, 0.1) is 0 Å². The molecule has 2 aliphatic rings. The number of piperidine rings is 2. The lowest BCUT2D eigenvalue weighted by molar-refractivity contribution is 0.0668. The standard InChI is InChI=1S/C18H26N4O/c23-14-5-3-9-22(11-14)12-16-15-6-2-8-20-18(15)21-17(16)13-4-1-7-19-10-13/h2,6,8,13-14,19,23H,1,3-5,7,9-12H2,(H,20,21)/t13-,14+/m0/s1. The number of fused-ring (bicyclic) bond motifs is 1. The van der Waals surface area contributed by atoms with E-state index < -0.39 is 0 Å². The Labute approximate surface area is 137 Å².